The molecular weight excluding hydrogens is 520 g/mol. The first kappa shape index (κ1) is 26.8. The molecule has 0 saturated heterocycles. The number of nitrogens with zero attached hydrogens (tertiary/aromatic N) is 1. The van der Waals surface area contributed by atoms with Crippen molar-refractivity contribution in [2.75, 3.05) is 6.61 Å². The molecule has 0 bridgehead atoms. The molecule has 5 aromatic rings. The van der Waals surface area contributed by atoms with E-state index < -0.39 is 17.8 Å². The third-order valence-corrected chi connectivity index (χ3v) is 5.90. The number of nitrogens with one attached hydrogen (secondary N) is 1. The highest BCUT2D eigenvalue weighted by atomic mass is 16.5. The normalized spacial score (nSPS) is 10.7. The summed E-state index contributed by atoms with van der Waals surface area (Å²) in [4.78, 5) is 37.6. The van der Waals surface area contributed by atoms with Crippen molar-refractivity contribution < 1.29 is 28.6 Å². The van der Waals surface area contributed by atoms with Gasteiger partial charge >= 0.3 is 11.9 Å². The smallest absolute Gasteiger partial charge is 0.343 e. The first-order chi connectivity index (χ1) is 20.0. The van der Waals surface area contributed by atoms with Gasteiger partial charge in [-0.3, -0.25) is 4.79 Å². The molecule has 8 heteroatoms. The van der Waals surface area contributed by atoms with Gasteiger partial charge in [0.15, 0.2) is 6.61 Å². The molecule has 0 aliphatic carbocycles. The number of hydrogen-bond donors (Lipinski definition) is 1. The number of benzene rings is 5. The first-order valence-electron chi connectivity index (χ1n) is 12.7. The molecule has 8 nitrogen and oxygen atoms in total. The molecule has 41 heavy (non-hydrogen) atoms. The quantitative estimate of drug-likeness (QED) is 0.109. The second-order valence-electron chi connectivity index (χ2n) is 8.80. The number of carbonyl (C=O) groups excluding carboxylic acids is 3. The van der Waals surface area contributed by atoms with E-state index in [4.69, 9.17) is 14.2 Å². The maximum Gasteiger partial charge on any atom is 0.343 e. The lowest BCUT2D eigenvalue weighted by atomic mass is 10.1. The molecule has 0 heterocycles. The number of rotatable bonds is 9. The maximum atomic E-state index is 12.7. The van der Waals surface area contributed by atoms with Crippen LogP contribution in [0.1, 0.15) is 26.3 Å². The van der Waals surface area contributed by atoms with Crippen LogP contribution in [-0.2, 0) is 4.79 Å². The van der Waals surface area contributed by atoms with Gasteiger partial charge in [0.05, 0.1) is 17.3 Å². The van der Waals surface area contributed by atoms with Crippen LogP contribution in [0.3, 0.4) is 0 Å². The average Bonchev–Trinajstić information content (AvgIpc) is 3.01. The summed E-state index contributed by atoms with van der Waals surface area (Å²) < 4.78 is 16.7. The Hall–Kier alpha value is -5.76. The molecule has 202 valence electrons. The molecule has 0 radical (unpaired) electrons. The highest BCUT2D eigenvalue weighted by molar-refractivity contribution is 5.94. The van der Waals surface area contributed by atoms with Gasteiger partial charge in [-0.05, 0) is 59.3 Å². The van der Waals surface area contributed by atoms with Crippen molar-refractivity contribution in [2.45, 2.75) is 0 Å². The van der Waals surface area contributed by atoms with Crippen molar-refractivity contribution in [1.29, 1.82) is 0 Å². The zero-order chi connectivity index (χ0) is 28.4. The van der Waals surface area contributed by atoms with Crippen LogP contribution < -0.4 is 19.6 Å². The summed E-state index contributed by atoms with van der Waals surface area (Å²) in [5, 5.41) is 6.05. The number of carbonyl (C=O) groups is 3. The summed E-state index contributed by atoms with van der Waals surface area (Å²) in [6.45, 7) is -0.250. The number of amides is 1. The molecule has 0 aromatic heterocycles. The van der Waals surface area contributed by atoms with E-state index in [0.29, 0.717) is 22.4 Å². The van der Waals surface area contributed by atoms with E-state index in [1.807, 2.05) is 36.4 Å². The number of esters is 2. The Morgan fingerprint density at radius 2 is 1.24 bits per heavy atom. The molecule has 5 rings (SSSR count). The van der Waals surface area contributed by atoms with E-state index >= 15 is 0 Å². The Morgan fingerprint density at radius 3 is 1.95 bits per heavy atom. The fourth-order valence-electron chi connectivity index (χ4n) is 3.86. The van der Waals surface area contributed by atoms with Crippen molar-refractivity contribution in [3.8, 4) is 17.2 Å². The average molecular weight is 545 g/mol. The van der Waals surface area contributed by atoms with E-state index in [0.717, 1.165) is 10.8 Å². The standard InChI is InChI=1S/C33H24N2O6/c36-31(22-39-28-17-15-23-9-7-8-14-26(23)19-28)35-34-21-27-16-18-29(40-32(37)24-10-3-1-4-11-24)20-30(27)41-33(38)25-12-5-2-6-13-25/h1-21H,22H2,(H,35,36)/b34-21+. The summed E-state index contributed by atoms with van der Waals surface area (Å²) >= 11 is 0. The zero-order valence-corrected chi connectivity index (χ0v) is 21.7. The molecule has 0 saturated carbocycles. The monoisotopic (exact) mass is 544 g/mol. The van der Waals surface area contributed by atoms with Crippen LogP contribution in [0.4, 0.5) is 0 Å². The molecule has 5 aromatic carbocycles. The van der Waals surface area contributed by atoms with Gasteiger partial charge < -0.3 is 14.2 Å². The third kappa shape index (κ3) is 7.21. The van der Waals surface area contributed by atoms with Gasteiger partial charge in [0.1, 0.15) is 17.2 Å². The first-order valence-corrected chi connectivity index (χ1v) is 12.7. The Morgan fingerprint density at radius 1 is 0.634 bits per heavy atom. The predicted molar refractivity (Wildman–Crippen MR) is 154 cm³/mol. The van der Waals surface area contributed by atoms with Gasteiger partial charge in [0, 0.05) is 11.6 Å². The lowest BCUT2D eigenvalue weighted by Gasteiger charge is -2.11. The minimum Gasteiger partial charge on any atom is -0.484 e. The van der Waals surface area contributed by atoms with E-state index in [1.165, 1.54) is 18.3 Å². The van der Waals surface area contributed by atoms with Crippen molar-refractivity contribution in [2.24, 2.45) is 5.10 Å². The molecule has 0 spiro atoms. The minimum absolute atomic E-state index is 0.0858. The Balaban J connectivity index is 1.27. The Bertz CT molecular complexity index is 1720. The minimum atomic E-state index is -0.611. The van der Waals surface area contributed by atoms with Gasteiger partial charge in [-0.2, -0.15) is 5.10 Å². The van der Waals surface area contributed by atoms with Crippen LogP contribution in [0.5, 0.6) is 17.2 Å². The Kier molecular flexibility index (Phi) is 8.42. The SMILES string of the molecule is O=C(COc1ccc2ccccc2c1)N/N=C/c1ccc(OC(=O)c2ccccc2)cc1OC(=O)c1ccccc1. The molecule has 1 amide bonds. The van der Waals surface area contributed by atoms with Crippen molar-refractivity contribution in [3.05, 3.63) is 138 Å². The Labute approximate surface area is 235 Å². The number of ether oxygens (including phenoxy) is 3. The van der Waals surface area contributed by atoms with Crippen molar-refractivity contribution >= 4 is 34.8 Å². The van der Waals surface area contributed by atoms with Crippen LogP contribution in [0.25, 0.3) is 10.8 Å². The van der Waals surface area contributed by atoms with Gasteiger partial charge in [-0.15, -0.1) is 0 Å². The van der Waals surface area contributed by atoms with Crippen LogP contribution >= 0.6 is 0 Å². The molecule has 0 aliphatic rings. The third-order valence-electron chi connectivity index (χ3n) is 5.90. The van der Waals surface area contributed by atoms with Gasteiger partial charge in [-0.1, -0.05) is 66.7 Å². The zero-order valence-electron chi connectivity index (χ0n) is 21.7. The van der Waals surface area contributed by atoms with E-state index in [-0.39, 0.29) is 18.1 Å². The van der Waals surface area contributed by atoms with E-state index in [1.54, 1.807) is 72.8 Å². The van der Waals surface area contributed by atoms with Crippen molar-refractivity contribution in [3.63, 3.8) is 0 Å². The maximum absolute atomic E-state index is 12.7. The second kappa shape index (κ2) is 12.9. The lowest BCUT2D eigenvalue weighted by Crippen LogP contribution is -2.24. The highest BCUT2D eigenvalue weighted by Gasteiger charge is 2.15. The summed E-state index contributed by atoms with van der Waals surface area (Å²) in [5.41, 5.74) is 3.47. The van der Waals surface area contributed by atoms with E-state index in [2.05, 4.69) is 10.5 Å². The molecular formula is C33H24N2O6. The van der Waals surface area contributed by atoms with Gasteiger partial charge in [0.2, 0.25) is 0 Å². The summed E-state index contributed by atoms with van der Waals surface area (Å²) in [6, 6.07) is 34.8. The van der Waals surface area contributed by atoms with Crippen LogP contribution in [0.15, 0.2) is 126 Å². The number of hydrogen-bond acceptors (Lipinski definition) is 7. The molecule has 0 aliphatic heterocycles. The van der Waals surface area contributed by atoms with Gasteiger partial charge in [-0.25, -0.2) is 15.0 Å². The van der Waals surface area contributed by atoms with Crippen molar-refractivity contribution in [1.82, 2.24) is 5.43 Å². The summed E-state index contributed by atoms with van der Waals surface area (Å²) in [6.07, 6.45) is 1.32. The largest absolute Gasteiger partial charge is 0.484 e. The topological polar surface area (TPSA) is 103 Å². The highest BCUT2D eigenvalue weighted by Crippen LogP contribution is 2.26. The molecule has 0 unspecified atom stereocenters. The summed E-state index contributed by atoms with van der Waals surface area (Å²) in [7, 11) is 0. The second-order valence-corrected chi connectivity index (χ2v) is 8.80. The number of hydrazone groups is 1. The molecule has 0 fully saturated rings. The fraction of sp³-hybridized carbons (Fsp3) is 0.0303. The van der Waals surface area contributed by atoms with Crippen LogP contribution in [0, 0.1) is 0 Å². The van der Waals surface area contributed by atoms with Crippen LogP contribution in [0.2, 0.25) is 0 Å². The van der Waals surface area contributed by atoms with Crippen LogP contribution in [-0.4, -0.2) is 30.7 Å². The lowest BCUT2D eigenvalue weighted by molar-refractivity contribution is -0.123. The predicted octanol–water partition coefficient (Wildman–Crippen LogP) is 5.81. The molecule has 1 N–H and O–H groups in total. The fourth-order valence-corrected chi connectivity index (χ4v) is 3.86. The molecule has 0 atom stereocenters. The summed E-state index contributed by atoms with van der Waals surface area (Å²) in [5.74, 6) is -0.850. The van der Waals surface area contributed by atoms with E-state index in [9.17, 15) is 14.4 Å². The number of fused-ring (bicyclic) bond motifs is 1. The van der Waals surface area contributed by atoms with Gasteiger partial charge in [0.25, 0.3) is 5.91 Å².